The molecule has 0 atom stereocenters. The van der Waals surface area contributed by atoms with E-state index in [9.17, 15) is 4.79 Å². The molecule has 1 N–H and O–H groups in total. The SMILES string of the molecule is COc1ccc(OC(=O)NCCCCCCn2c(C)nc(-c3ccccc3)c2-c2ccccc2)cc1. The van der Waals surface area contributed by atoms with Crippen molar-refractivity contribution in [3.05, 3.63) is 90.8 Å². The van der Waals surface area contributed by atoms with E-state index in [0.717, 1.165) is 55.1 Å². The molecule has 0 fully saturated rings. The van der Waals surface area contributed by atoms with E-state index in [2.05, 4.69) is 65.3 Å². The van der Waals surface area contributed by atoms with Gasteiger partial charge in [0.25, 0.3) is 0 Å². The number of ether oxygens (including phenoxy) is 2. The molecule has 0 saturated heterocycles. The Morgan fingerprint density at radius 2 is 1.42 bits per heavy atom. The van der Waals surface area contributed by atoms with Gasteiger partial charge >= 0.3 is 6.09 Å². The van der Waals surface area contributed by atoms with Crippen LogP contribution >= 0.6 is 0 Å². The first-order chi connectivity index (χ1) is 17.7. The van der Waals surface area contributed by atoms with Crippen LogP contribution in [0.25, 0.3) is 22.5 Å². The summed E-state index contributed by atoms with van der Waals surface area (Å²) in [7, 11) is 1.60. The van der Waals surface area contributed by atoms with Gasteiger partial charge in [0.2, 0.25) is 0 Å². The van der Waals surface area contributed by atoms with Gasteiger partial charge in [0.1, 0.15) is 17.3 Å². The number of amides is 1. The van der Waals surface area contributed by atoms with Crippen molar-refractivity contribution in [2.24, 2.45) is 0 Å². The summed E-state index contributed by atoms with van der Waals surface area (Å²) in [4.78, 5) is 16.9. The van der Waals surface area contributed by atoms with Gasteiger partial charge in [-0.1, -0.05) is 73.5 Å². The molecule has 6 nitrogen and oxygen atoms in total. The van der Waals surface area contributed by atoms with Crippen molar-refractivity contribution >= 4 is 6.09 Å². The average molecular weight is 484 g/mol. The second-order valence-electron chi connectivity index (χ2n) is 8.65. The fraction of sp³-hybridized carbons (Fsp3) is 0.267. The van der Waals surface area contributed by atoms with E-state index in [1.165, 1.54) is 11.3 Å². The molecule has 1 amide bonds. The van der Waals surface area contributed by atoms with E-state index in [-0.39, 0.29) is 0 Å². The molecule has 1 aromatic heterocycles. The molecule has 0 saturated carbocycles. The molecule has 1 heterocycles. The molecule has 36 heavy (non-hydrogen) atoms. The molecule has 0 radical (unpaired) electrons. The zero-order chi connectivity index (χ0) is 25.2. The number of unbranched alkanes of at least 4 members (excludes halogenated alkanes) is 3. The largest absolute Gasteiger partial charge is 0.497 e. The van der Waals surface area contributed by atoms with Crippen LogP contribution in [0.4, 0.5) is 4.79 Å². The summed E-state index contributed by atoms with van der Waals surface area (Å²) in [5, 5.41) is 2.82. The van der Waals surface area contributed by atoms with Crippen molar-refractivity contribution in [3.63, 3.8) is 0 Å². The Morgan fingerprint density at radius 3 is 2.08 bits per heavy atom. The number of hydrogen-bond acceptors (Lipinski definition) is 4. The summed E-state index contributed by atoms with van der Waals surface area (Å²) in [6.45, 7) is 3.58. The first-order valence-corrected chi connectivity index (χ1v) is 12.4. The average Bonchev–Trinajstić information content (AvgIpc) is 3.25. The van der Waals surface area contributed by atoms with Gasteiger partial charge in [-0.3, -0.25) is 0 Å². The van der Waals surface area contributed by atoms with Crippen molar-refractivity contribution in [1.82, 2.24) is 14.9 Å². The van der Waals surface area contributed by atoms with E-state index in [1.807, 2.05) is 12.1 Å². The zero-order valence-electron chi connectivity index (χ0n) is 20.9. The van der Waals surface area contributed by atoms with Crippen LogP contribution in [0.15, 0.2) is 84.9 Å². The molecule has 4 rings (SSSR count). The molecule has 0 aliphatic rings. The number of imidazole rings is 1. The van der Waals surface area contributed by atoms with E-state index < -0.39 is 6.09 Å². The van der Waals surface area contributed by atoms with Gasteiger partial charge < -0.3 is 19.4 Å². The normalized spacial score (nSPS) is 10.7. The van der Waals surface area contributed by atoms with Crippen LogP contribution in [-0.4, -0.2) is 29.3 Å². The summed E-state index contributed by atoms with van der Waals surface area (Å²) in [6, 6.07) is 27.8. The standard InChI is InChI=1S/C30H33N3O3/c1-23-32-28(24-13-7-5-8-14-24)29(25-15-9-6-10-16-25)33(23)22-12-4-3-11-21-31-30(34)36-27-19-17-26(35-2)18-20-27/h5-10,13-20H,3-4,11-12,21-22H2,1-2H3,(H,31,34). The minimum Gasteiger partial charge on any atom is -0.497 e. The Bertz CT molecular complexity index is 1240. The van der Waals surface area contributed by atoms with Gasteiger partial charge in [-0.2, -0.15) is 0 Å². The summed E-state index contributed by atoms with van der Waals surface area (Å²) in [5.41, 5.74) is 4.50. The highest BCUT2D eigenvalue weighted by Crippen LogP contribution is 2.33. The second kappa shape index (κ2) is 12.6. The van der Waals surface area contributed by atoms with E-state index in [0.29, 0.717) is 12.3 Å². The Labute approximate surface area is 212 Å². The van der Waals surface area contributed by atoms with Crippen molar-refractivity contribution in [2.75, 3.05) is 13.7 Å². The lowest BCUT2D eigenvalue weighted by Crippen LogP contribution is -2.27. The Hall–Kier alpha value is -4.06. The van der Waals surface area contributed by atoms with Crippen LogP contribution in [0.2, 0.25) is 0 Å². The molecule has 6 heteroatoms. The van der Waals surface area contributed by atoms with Gasteiger partial charge in [0, 0.05) is 24.2 Å². The van der Waals surface area contributed by atoms with Gasteiger partial charge in [-0.25, -0.2) is 9.78 Å². The fourth-order valence-corrected chi connectivity index (χ4v) is 4.25. The van der Waals surface area contributed by atoms with E-state index in [1.54, 1.807) is 31.4 Å². The molecule has 0 unspecified atom stereocenters. The van der Waals surface area contributed by atoms with Crippen molar-refractivity contribution in [3.8, 4) is 34.0 Å². The monoisotopic (exact) mass is 483 g/mol. The van der Waals surface area contributed by atoms with Crippen LogP contribution in [0.1, 0.15) is 31.5 Å². The molecule has 186 valence electrons. The van der Waals surface area contributed by atoms with Crippen LogP contribution in [-0.2, 0) is 6.54 Å². The Balaban J connectivity index is 1.27. The second-order valence-corrected chi connectivity index (χ2v) is 8.65. The van der Waals surface area contributed by atoms with E-state index in [4.69, 9.17) is 14.5 Å². The van der Waals surface area contributed by atoms with Gasteiger partial charge in [0.05, 0.1) is 18.5 Å². The van der Waals surface area contributed by atoms with Crippen LogP contribution in [0.5, 0.6) is 11.5 Å². The molecule has 3 aromatic carbocycles. The quantitative estimate of drug-likeness (QED) is 0.236. The van der Waals surface area contributed by atoms with Crippen LogP contribution < -0.4 is 14.8 Å². The number of nitrogens with zero attached hydrogens (tertiary/aromatic N) is 2. The minimum absolute atomic E-state index is 0.435. The summed E-state index contributed by atoms with van der Waals surface area (Å²) in [6.07, 6.45) is 3.61. The van der Waals surface area contributed by atoms with Gasteiger partial charge in [-0.05, 0) is 44.0 Å². The topological polar surface area (TPSA) is 65.4 Å². The van der Waals surface area contributed by atoms with Crippen LogP contribution in [0, 0.1) is 6.92 Å². The third kappa shape index (κ3) is 6.54. The first kappa shape index (κ1) is 25.0. The molecular formula is C30H33N3O3. The number of aryl methyl sites for hydroxylation is 1. The van der Waals surface area contributed by atoms with Crippen molar-refractivity contribution in [2.45, 2.75) is 39.2 Å². The number of benzene rings is 3. The number of carbonyl (C=O) groups excluding carboxylic acids is 1. The lowest BCUT2D eigenvalue weighted by molar-refractivity contribution is 0.200. The maximum atomic E-state index is 12.0. The fourth-order valence-electron chi connectivity index (χ4n) is 4.25. The lowest BCUT2D eigenvalue weighted by atomic mass is 10.0. The molecular weight excluding hydrogens is 450 g/mol. The van der Waals surface area contributed by atoms with E-state index >= 15 is 0 Å². The maximum Gasteiger partial charge on any atom is 0.412 e. The third-order valence-electron chi connectivity index (χ3n) is 6.10. The Kier molecular flexibility index (Phi) is 8.76. The smallest absolute Gasteiger partial charge is 0.412 e. The van der Waals surface area contributed by atoms with Crippen molar-refractivity contribution in [1.29, 1.82) is 0 Å². The summed E-state index contributed by atoms with van der Waals surface area (Å²) < 4.78 is 12.7. The summed E-state index contributed by atoms with van der Waals surface area (Å²) in [5.74, 6) is 2.24. The zero-order valence-corrected chi connectivity index (χ0v) is 20.9. The number of methoxy groups -OCH3 is 1. The minimum atomic E-state index is -0.435. The van der Waals surface area contributed by atoms with Crippen molar-refractivity contribution < 1.29 is 14.3 Å². The number of aromatic nitrogens is 2. The number of carbonyl (C=O) groups is 1. The lowest BCUT2D eigenvalue weighted by Gasteiger charge is -2.12. The summed E-state index contributed by atoms with van der Waals surface area (Å²) >= 11 is 0. The highest BCUT2D eigenvalue weighted by Gasteiger charge is 2.17. The number of rotatable bonds is 11. The number of nitrogens with one attached hydrogen (secondary N) is 1. The molecule has 4 aromatic rings. The molecule has 0 aliphatic carbocycles. The number of hydrogen-bond donors (Lipinski definition) is 1. The highest BCUT2D eigenvalue weighted by molar-refractivity contribution is 5.79. The highest BCUT2D eigenvalue weighted by atomic mass is 16.6. The molecule has 0 aliphatic heterocycles. The van der Waals surface area contributed by atoms with Gasteiger partial charge in [0.15, 0.2) is 0 Å². The maximum absolute atomic E-state index is 12.0. The first-order valence-electron chi connectivity index (χ1n) is 12.4. The third-order valence-corrected chi connectivity index (χ3v) is 6.10. The predicted molar refractivity (Wildman–Crippen MR) is 143 cm³/mol. The van der Waals surface area contributed by atoms with Gasteiger partial charge in [-0.15, -0.1) is 0 Å². The predicted octanol–water partition coefficient (Wildman–Crippen LogP) is 6.88. The molecule has 0 bridgehead atoms. The molecule has 0 spiro atoms. The Morgan fingerprint density at radius 1 is 0.806 bits per heavy atom. The van der Waals surface area contributed by atoms with Crippen LogP contribution in [0.3, 0.4) is 0 Å².